The van der Waals surface area contributed by atoms with E-state index in [1.807, 2.05) is 24.3 Å². The molecule has 7 heteroatoms. The standard InChI is InChI=1S/C19H25N3O3S/c1-22(13-18-20-15-8-4-6-10-17(15)26-18)19(23)21-14-7-3-5-9-16(14)25-12-11-24-2/h3,5,7,9H,4,6,8,10-13H2,1-2H3,(H,21,23). The number of methoxy groups -OCH3 is 1. The summed E-state index contributed by atoms with van der Waals surface area (Å²) in [6.07, 6.45) is 4.64. The van der Waals surface area contributed by atoms with Gasteiger partial charge in [-0.15, -0.1) is 11.3 Å². The molecule has 0 radical (unpaired) electrons. The van der Waals surface area contributed by atoms with E-state index in [0.717, 1.165) is 17.8 Å². The Balaban J connectivity index is 1.60. The fraction of sp³-hybridized carbons (Fsp3) is 0.474. The summed E-state index contributed by atoms with van der Waals surface area (Å²) in [6, 6.07) is 7.23. The van der Waals surface area contributed by atoms with Crippen LogP contribution in [0.25, 0.3) is 0 Å². The van der Waals surface area contributed by atoms with Crippen LogP contribution in [0, 0.1) is 0 Å². The second kappa shape index (κ2) is 9.00. The molecule has 1 aliphatic rings. The molecule has 140 valence electrons. The van der Waals surface area contributed by atoms with Crippen molar-refractivity contribution in [3.63, 3.8) is 0 Å². The van der Waals surface area contributed by atoms with Crippen molar-refractivity contribution >= 4 is 23.1 Å². The predicted octanol–water partition coefficient (Wildman–Crippen LogP) is 3.71. The molecule has 0 atom stereocenters. The van der Waals surface area contributed by atoms with Gasteiger partial charge in [0, 0.05) is 19.0 Å². The summed E-state index contributed by atoms with van der Waals surface area (Å²) < 4.78 is 10.7. The lowest BCUT2D eigenvalue weighted by atomic mass is 10.0. The maximum absolute atomic E-state index is 12.6. The first kappa shape index (κ1) is 18.7. The first-order valence-corrected chi connectivity index (χ1v) is 9.69. The van der Waals surface area contributed by atoms with Gasteiger partial charge in [0.2, 0.25) is 0 Å². The number of amides is 2. The number of urea groups is 1. The van der Waals surface area contributed by atoms with Crippen molar-refractivity contribution in [1.29, 1.82) is 0 Å². The first-order valence-electron chi connectivity index (χ1n) is 8.87. The van der Waals surface area contributed by atoms with Crippen LogP contribution >= 0.6 is 11.3 Å². The number of fused-ring (bicyclic) bond motifs is 1. The molecule has 0 fully saturated rings. The molecule has 2 aromatic rings. The third-order valence-electron chi connectivity index (χ3n) is 4.28. The number of para-hydroxylation sites is 2. The highest BCUT2D eigenvalue weighted by Gasteiger charge is 2.18. The van der Waals surface area contributed by atoms with Gasteiger partial charge in [0.15, 0.2) is 0 Å². The molecule has 0 unspecified atom stereocenters. The van der Waals surface area contributed by atoms with E-state index in [1.165, 1.54) is 23.4 Å². The largest absolute Gasteiger partial charge is 0.489 e. The predicted molar refractivity (Wildman–Crippen MR) is 103 cm³/mol. The molecule has 0 bridgehead atoms. The van der Waals surface area contributed by atoms with E-state index in [0.29, 0.717) is 31.2 Å². The Labute approximate surface area is 158 Å². The number of nitrogens with one attached hydrogen (secondary N) is 1. The van der Waals surface area contributed by atoms with Crippen molar-refractivity contribution in [2.45, 2.75) is 32.2 Å². The minimum Gasteiger partial charge on any atom is -0.489 e. The molecule has 3 rings (SSSR count). The van der Waals surface area contributed by atoms with Crippen molar-refractivity contribution < 1.29 is 14.3 Å². The second-order valence-electron chi connectivity index (χ2n) is 6.31. The Bertz CT molecular complexity index is 724. The lowest BCUT2D eigenvalue weighted by Crippen LogP contribution is -2.31. The Kier molecular flexibility index (Phi) is 6.46. The zero-order chi connectivity index (χ0) is 18.4. The molecule has 6 nitrogen and oxygen atoms in total. The minimum absolute atomic E-state index is 0.180. The van der Waals surface area contributed by atoms with Gasteiger partial charge in [0.1, 0.15) is 17.4 Å². The highest BCUT2D eigenvalue weighted by atomic mass is 32.1. The zero-order valence-electron chi connectivity index (χ0n) is 15.3. The maximum Gasteiger partial charge on any atom is 0.322 e. The summed E-state index contributed by atoms with van der Waals surface area (Å²) in [5.74, 6) is 0.635. The molecule has 1 aromatic heterocycles. The van der Waals surface area contributed by atoms with Gasteiger partial charge >= 0.3 is 6.03 Å². The Morgan fingerprint density at radius 3 is 2.88 bits per heavy atom. The van der Waals surface area contributed by atoms with E-state index >= 15 is 0 Å². The summed E-state index contributed by atoms with van der Waals surface area (Å²) in [5, 5.41) is 3.92. The number of hydrogen-bond acceptors (Lipinski definition) is 5. The topological polar surface area (TPSA) is 63.7 Å². The van der Waals surface area contributed by atoms with Gasteiger partial charge in [0.25, 0.3) is 0 Å². The van der Waals surface area contributed by atoms with Crippen molar-refractivity contribution in [1.82, 2.24) is 9.88 Å². The second-order valence-corrected chi connectivity index (χ2v) is 7.48. The number of nitrogens with zero attached hydrogens (tertiary/aromatic N) is 2. The molecule has 0 saturated heterocycles. The highest BCUT2D eigenvalue weighted by molar-refractivity contribution is 7.11. The first-order chi connectivity index (χ1) is 12.7. The van der Waals surface area contributed by atoms with Gasteiger partial charge in [-0.2, -0.15) is 0 Å². The van der Waals surface area contributed by atoms with Crippen LogP contribution in [0.1, 0.15) is 28.4 Å². The average molecular weight is 375 g/mol. The van der Waals surface area contributed by atoms with Gasteiger partial charge in [-0.25, -0.2) is 9.78 Å². The molecule has 0 saturated carbocycles. The van der Waals surface area contributed by atoms with Crippen LogP contribution in [-0.2, 0) is 24.1 Å². The fourth-order valence-electron chi connectivity index (χ4n) is 2.89. The number of anilines is 1. The van der Waals surface area contributed by atoms with Crippen molar-refractivity contribution in [2.75, 3.05) is 32.7 Å². The van der Waals surface area contributed by atoms with Gasteiger partial charge in [-0.3, -0.25) is 0 Å². The van der Waals surface area contributed by atoms with E-state index in [-0.39, 0.29) is 6.03 Å². The van der Waals surface area contributed by atoms with E-state index < -0.39 is 0 Å². The van der Waals surface area contributed by atoms with Crippen LogP contribution < -0.4 is 10.1 Å². The highest BCUT2D eigenvalue weighted by Crippen LogP contribution is 2.28. The monoisotopic (exact) mass is 375 g/mol. The number of benzene rings is 1. The number of ether oxygens (including phenoxy) is 2. The number of aryl methyl sites for hydroxylation is 2. The van der Waals surface area contributed by atoms with Gasteiger partial charge in [-0.05, 0) is 37.8 Å². The summed E-state index contributed by atoms with van der Waals surface area (Å²) >= 11 is 1.73. The van der Waals surface area contributed by atoms with Crippen LogP contribution in [0.2, 0.25) is 0 Å². The molecular formula is C19H25N3O3S. The van der Waals surface area contributed by atoms with Gasteiger partial charge in [0.05, 0.1) is 24.5 Å². The Morgan fingerprint density at radius 2 is 2.08 bits per heavy atom. The molecule has 26 heavy (non-hydrogen) atoms. The fourth-order valence-corrected chi connectivity index (χ4v) is 4.10. The number of aromatic nitrogens is 1. The summed E-state index contributed by atoms with van der Waals surface area (Å²) in [7, 11) is 3.41. The smallest absolute Gasteiger partial charge is 0.322 e. The normalized spacial score (nSPS) is 13.2. The summed E-state index contributed by atoms with van der Waals surface area (Å²) in [5.41, 5.74) is 1.88. The van der Waals surface area contributed by atoms with Crippen molar-refractivity contribution in [3.05, 3.63) is 39.8 Å². The lowest BCUT2D eigenvalue weighted by molar-refractivity contribution is 0.146. The summed E-state index contributed by atoms with van der Waals surface area (Å²) in [6.45, 7) is 1.44. The lowest BCUT2D eigenvalue weighted by Gasteiger charge is -2.18. The number of rotatable bonds is 7. The van der Waals surface area contributed by atoms with Gasteiger partial charge in [-0.1, -0.05) is 12.1 Å². The number of thiazole rings is 1. The SMILES string of the molecule is COCCOc1ccccc1NC(=O)N(C)Cc1nc2c(s1)CCCC2. The molecule has 2 amide bonds. The van der Waals surface area contributed by atoms with Crippen LogP contribution in [-0.4, -0.2) is 43.3 Å². The minimum atomic E-state index is -0.180. The molecule has 0 spiro atoms. The van der Waals surface area contributed by atoms with Crippen LogP contribution in [0.3, 0.4) is 0 Å². The van der Waals surface area contributed by atoms with Crippen molar-refractivity contribution in [2.24, 2.45) is 0 Å². The number of hydrogen-bond donors (Lipinski definition) is 1. The molecule has 1 aliphatic carbocycles. The van der Waals surface area contributed by atoms with E-state index in [4.69, 9.17) is 14.5 Å². The quantitative estimate of drug-likeness (QED) is 0.750. The zero-order valence-corrected chi connectivity index (χ0v) is 16.1. The average Bonchev–Trinajstić information content (AvgIpc) is 3.05. The van der Waals surface area contributed by atoms with Crippen LogP contribution in [0.15, 0.2) is 24.3 Å². The molecule has 1 aromatic carbocycles. The van der Waals surface area contributed by atoms with Gasteiger partial charge < -0.3 is 19.7 Å². The van der Waals surface area contributed by atoms with Crippen LogP contribution in [0.4, 0.5) is 10.5 Å². The van der Waals surface area contributed by atoms with E-state index in [1.54, 1.807) is 30.4 Å². The van der Waals surface area contributed by atoms with Crippen LogP contribution in [0.5, 0.6) is 5.75 Å². The van der Waals surface area contributed by atoms with E-state index in [2.05, 4.69) is 5.32 Å². The maximum atomic E-state index is 12.6. The number of carbonyl (C=O) groups excluding carboxylic acids is 1. The molecule has 0 aliphatic heterocycles. The summed E-state index contributed by atoms with van der Waals surface area (Å²) in [4.78, 5) is 20.3. The van der Waals surface area contributed by atoms with Crippen molar-refractivity contribution in [3.8, 4) is 5.75 Å². The molecule has 1 heterocycles. The number of carbonyl (C=O) groups is 1. The molecular weight excluding hydrogens is 350 g/mol. The third-order valence-corrected chi connectivity index (χ3v) is 5.42. The Morgan fingerprint density at radius 1 is 1.27 bits per heavy atom. The molecule has 1 N–H and O–H groups in total. The third kappa shape index (κ3) is 4.74. The Hall–Kier alpha value is -2.12. The van der Waals surface area contributed by atoms with E-state index in [9.17, 15) is 4.79 Å².